The summed E-state index contributed by atoms with van der Waals surface area (Å²) in [5.74, 6) is -0.409. The molecule has 3 atom stereocenters. The quantitative estimate of drug-likeness (QED) is 0.864. The molecule has 3 unspecified atom stereocenters. The minimum atomic E-state index is -0.857. The van der Waals surface area contributed by atoms with Crippen LogP contribution >= 0.6 is 0 Å². The molecule has 4 rings (SSSR count). The number of rotatable bonds is 3. The Hall–Kier alpha value is -2.13. The Bertz CT molecular complexity index is 798. The number of fused-ring (bicyclic) bond motifs is 3. The Morgan fingerprint density at radius 3 is 2.69 bits per heavy atom. The van der Waals surface area contributed by atoms with E-state index in [0.717, 1.165) is 44.9 Å². The normalized spacial score (nSPS) is 27.9. The first-order chi connectivity index (χ1) is 12.6. The number of aryl methyl sites for hydroxylation is 1. The van der Waals surface area contributed by atoms with E-state index in [2.05, 4.69) is 30.3 Å². The standard InChI is InChI=1S/C23H26O3/c24-20-11-12-23(15-16-5-2-1-3-6-16)19(14-20)8-4-7-17-13-18(22(25)26)9-10-21(17)23/h1-3,5-6,9-10,13,19-20,24H,4,7-8,11-12,14-15H2,(H,25,26). The summed E-state index contributed by atoms with van der Waals surface area (Å²) in [7, 11) is 0. The van der Waals surface area contributed by atoms with E-state index in [0.29, 0.717) is 11.5 Å². The van der Waals surface area contributed by atoms with Gasteiger partial charge in [0.15, 0.2) is 0 Å². The summed E-state index contributed by atoms with van der Waals surface area (Å²) in [4.78, 5) is 11.4. The van der Waals surface area contributed by atoms with Crippen molar-refractivity contribution < 1.29 is 15.0 Å². The SMILES string of the molecule is O=C(O)c1ccc2c(c1)CCCC1CC(O)CCC21Cc1ccccc1. The van der Waals surface area contributed by atoms with Crippen molar-refractivity contribution in [2.45, 2.75) is 56.5 Å². The van der Waals surface area contributed by atoms with Crippen molar-refractivity contribution in [3.63, 3.8) is 0 Å². The summed E-state index contributed by atoms with van der Waals surface area (Å²) in [6, 6.07) is 16.3. The van der Waals surface area contributed by atoms with Gasteiger partial charge in [0.05, 0.1) is 11.7 Å². The lowest BCUT2D eigenvalue weighted by molar-refractivity contribution is 0.0468. The van der Waals surface area contributed by atoms with Crippen molar-refractivity contribution in [3.05, 3.63) is 70.8 Å². The van der Waals surface area contributed by atoms with Gasteiger partial charge < -0.3 is 10.2 Å². The highest BCUT2D eigenvalue weighted by Crippen LogP contribution is 2.51. The summed E-state index contributed by atoms with van der Waals surface area (Å²) in [6.07, 6.45) is 6.49. The second kappa shape index (κ2) is 6.88. The summed E-state index contributed by atoms with van der Waals surface area (Å²) in [5, 5.41) is 19.7. The smallest absolute Gasteiger partial charge is 0.335 e. The maximum absolute atomic E-state index is 11.4. The zero-order chi connectivity index (χ0) is 18.1. The van der Waals surface area contributed by atoms with Crippen LogP contribution in [0.2, 0.25) is 0 Å². The van der Waals surface area contributed by atoms with Crippen LogP contribution in [-0.2, 0) is 18.3 Å². The molecule has 0 radical (unpaired) electrons. The Balaban J connectivity index is 1.83. The van der Waals surface area contributed by atoms with E-state index in [-0.39, 0.29) is 11.5 Å². The molecule has 1 saturated carbocycles. The zero-order valence-corrected chi connectivity index (χ0v) is 15.0. The largest absolute Gasteiger partial charge is 0.478 e. The molecule has 0 heterocycles. The van der Waals surface area contributed by atoms with Crippen LogP contribution in [0, 0.1) is 5.92 Å². The first-order valence-corrected chi connectivity index (χ1v) is 9.67. The van der Waals surface area contributed by atoms with E-state index in [9.17, 15) is 15.0 Å². The van der Waals surface area contributed by atoms with E-state index in [1.54, 1.807) is 6.07 Å². The monoisotopic (exact) mass is 350 g/mol. The van der Waals surface area contributed by atoms with E-state index >= 15 is 0 Å². The van der Waals surface area contributed by atoms with Gasteiger partial charge in [-0.05, 0) is 79.7 Å². The van der Waals surface area contributed by atoms with Crippen LogP contribution in [0.3, 0.4) is 0 Å². The Kier molecular flexibility index (Phi) is 4.58. The van der Waals surface area contributed by atoms with Crippen molar-refractivity contribution in [3.8, 4) is 0 Å². The van der Waals surface area contributed by atoms with E-state index < -0.39 is 5.97 Å². The molecule has 3 heteroatoms. The van der Waals surface area contributed by atoms with Gasteiger partial charge in [-0.3, -0.25) is 0 Å². The molecule has 0 amide bonds. The van der Waals surface area contributed by atoms with Gasteiger partial charge in [0.2, 0.25) is 0 Å². The third-order valence-corrected chi connectivity index (χ3v) is 6.51. The minimum absolute atomic E-state index is 0.00342. The number of hydrogen-bond acceptors (Lipinski definition) is 2. The predicted octanol–water partition coefficient (Wildman–Crippen LogP) is 4.36. The average molecular weight is 350 g/mol. The van der Waals surface area contributed by atoms with E-state index in [1.165, 1.54) is 16.7 Å². The second-order valence-electron chi connectivity index (χ2n) is 8.01. The fraction of sp³-hybridized carbons (Fsp3) is 0.435. The molecule has 136 valence electrons. The Morgan fingerprint density at radius 1 is 1.12 bits per heavy atom. The zero-order valence-electron chi connectivity index (χ0n) is 15.0. The maximum Gasteiger partial charge on any atom is 0.335 e. The molecule has 2 aromatic carbocycles. The topological polar surface area (TPSA) is 57.5 Å². The fourth-order valence-corrected chi connectivity index (χ4v) is 5.30. The third kappa shape index (κ3) is 3.05. The van der Waals surface area contributed by atoms with Gasteiger partial charge in [-0.25, -0.2) is 4.79 Å². The first kappa shape index (κ1) is 17.3. The molecule has 2 aliphatic carbocycles. The van der Waals surface area contributed by atoms with Gasteiger partial charge in [-0.15, -0.1) is 0 Å². The van der Waals surface area contributed by atoms with E-state index in [1.807, 2.05) is 12.1 Å². The molecule has 0 aromatic heterocycles. The lowest BCUT2D eigenvalue weighted by atomic mass is 9.58. The highest BCUT2D eigenvalue weighted by atomic mass is 16.4. The molecule has 0 spiro atoms. The number of carboxylic acid groups (broad SMARTS) is 1. The number of hydrogen-bond donors (Lipinski definition) is 2. The molecule has 0 bridgehead atoms. The number of aliphatic hydroxyl groups is 1. The van der Waals surface area contributed by atoms with Crippen molar-refractivity contribution in [2.24, 2.45) is 5.92 Å². The van der Waals surface area contributed by atoms with Crippen molar-refractivity contribution in [1.29, 1.82) is 0 Å². The minimum Gasteiger partial charge on any atom is -0.478 e. The van der Waals surface area contributed by atoms with Crippen LogP contribution in [-0.4, -0.2) is 22.3 Å². The number of carbonyl (C=O) groups is 1. The molecule has 26 heavy (non-hydrogen) atoms. The lowest BCUT2D eigenvalue weighted by Crippen LogP contribution is -2.43. The Morgan fingerprint density at radius 2 is 1.92 bits per heavy atom. The third-order valence-electron chi connectivity index (χ3n) is 6.51. The highest BCUT2D eigenvalue weighted by Gasteiger charge is 2.46. The molecule has 2 N–H and O–H groups in total. The highest BCUT2D eigenvalue weighted by molar-refractivity contribution is 5.88. The number of aromatic carboxylic acids is 1. The first-order valence-electron chi connectivity index (χ1n) is 9.67. The molecule has 2 aliphatic rings. The molecule has 2 aromatic rings. The summed E-state index contributed by atoms with van der Waals surface area (Å²) >= 11 is 0. The van der Waals surface area contributed by atoms with Crippen LogP contribution in [0.25, 0.3) is 0 Å². The molecular formula is C23H26O3. The van der Waals surface area contributed by atoms with Gasteiger partial charge >= 0.3 is 5.97 Å². The van der Waals surface area contributed by atoms with Crippen LogP contribution in [0.5, 0.6) is 0 Å². The van der Waals surface area contributed by atoms with E-state index in [4.69, 9.17) is 0 Å². The maximum atomic E-state index is 11.4. The molecule has 0 aliphatic heterocycles. The summed E-state index contributed by atoms with van der Waals surface area (Å²) in [5.41, 5.74) is 4.22. The van der Waals surface area contributed by atoms with Crippen LogP contribution in [0.1, 0.15) is 59.2 Å². The molecule has 1 fully saturated rings. The van der Waals surface area contributed by atoms with Gasteiger partial charge in [-0.2, -0.15) is 0 Å². The van der Waals surface area contributed by atoms with Gasteiger partial charge in [0, 0.05) is 5.41 Å². The predicted molar refractivity (Wildman–Crippen MR) is 102 cm³/mol. The molecule has 0 saturated heterocycles. The van der Waals surface area contributed by atoms with Gasteiger partial charge in [0.25, 0.3) is 0 Å². The van der Waals surface area contributed by atoms with Crippen LogP contribution in [0.4, 0.5) is 0 Å². The number of benzene rings is 2. The van der Waals surface area contributed by atoms with Crippen molar-refractivity contribution in [2.75, 3.05) is 0 Å². The van der Waals surface area contributed by atoms with Crippen LogP contribution in [0.15, 0.2) is 48.5 Å². The number of aliphatic hydroxyl groups excluding tert-OH is 1. The van der Waals surface area contributed by atoms with Crippen molar-refractivity contribution in [1.82, 2.24) is 0 Å². The Labute approximate surface area is 154 Å². The van der Waals surface area contributed by atoms with Crippen LogP contribution < -0.4 is 0 Å². The van der Waals surface area contributed by atoms with Crippen molar-refractivity contribution >= 4 is 5.97 Å². The summed E-state index contributed by atoms with van der Waals surface area (Å²) in [6.45, 7) is 0. The van der Waals surface area contributed by atoms with Gasteiger partial charge in [-0.1, -0.05) is 36.4 Å². The summed E-state index contributed by atoms with van der Waals surface area (Å²) < 4.78 is 0. The second-order valence-corrected chi connectivity index (χ2v) is 8.01. The molecular weight excluding hydrogens is 324 g/mol. The average Bonchev–Trinajstić information content (AvgIpc) is 2.79. The van der Waals surface area contributed by atoms with Gasteiger partial charge in [0.1, 0.15) is 0 Å². The fourth-order valence-electron chi connectivity index (χ4n) is 5.30. The number of carboxylic acids is 1. The lowest BCUT2D eigenvalue weighted by Gasteiger charge is -2.46. The molecule has 3 nitrogen and oxygen atoms in total.